The average Bonchev–Trinajstić information content (AvgIpc) is 2.46. The van der Waals surface area contributed by atoms with E-state index in [1.165, 1.54) is 13.8 Å². The predicted molar refractivity (Wildman–Crippen MR) is 81.3 cm³/mol. The van der Waals surface area contributed by atoms with E-state index in [9.17, 15) is 18.4 Å². The molecular formula is C16H22F2N2O2. The second-order valence-corrected chi connectivity index (χ2v) is 5.67. The fraction of sp³-hybridized carbons (Fsp3) is 0.500. The minimum Gasteiger partial charge on any atom is -0.355 e. The number of hydrogen-bond donors (Lipinski definition) is 2. The smallest absolute Gasteiger partial charge is 0.239 e. The zero-order valence-corrected chi connectivity index (χ0v) is 13.1. The Hall–Kier alpha value is -1.98. The van der Waals surface area contributed by atoms with Crippen molar-refractivity contribution in [1.29, 1.82) is 0 Å². The largest absolute Gasteiger partial charge is 0.355 e. The average molecular weight is 312 g/mol. The molecule has 0 spiro atoms. The Bertz CT molecular complexity index is 545. The second kappa shape index (κ2) is 7.87. The van der Waals surface area contributed by atoms with E-state index in [1.54, 1.807) is 0 Å². The van der Waals surface area contributed by atoms with Crippen LogP contribution in [0, 0.1) is 17.0 Å². The Kier molecular flexibility index (Phi) is 6.46. The Morgan fingerprint density at radius 3 is 2.41 bits per heavy atom. The molecule has 2 amide bonds. The van der Waals surface area contributed by atoms with Gasteiger partial charge in [-0.15, -0.1) is 0 Å². The Balaban J connectivity index is 2.67. The summed E-state index contributed by atoms with van der Waals surface area (Å²) in [6, 6.07) is 2.84. The summed E-state index contributed by atoms with van der Waals surface area (Å²) < 4.78 is 26.4. The molecule has 0 radical (unpaired) electrons. The minimum absolute atomic E-state index is 0.154. The molecule has 0 saturated heterocycles. The summed E-state index contributed by atoms with van der Waals surface area (Å²) in [5, 5.41) is 5.01. The highest BCUT2D eigenvalue weighted by atomic mass is 19.1. The Morgan fingerprint density at radius 1 is 1.14 bits per heavy atom. The Morgan fingerprint density at radius 2 is 1.82 bits per heavy atom. The van der Waals surface area contributed by atoms with Crippen LogP contribution in [-0.2, 0) is 9.59 Å². The number of halogens is 2. The zero-order chi connectivity index (χ0) is 16.8. The molecule has 0 atom stereocenters. The first-order valence-corrected chi connectivity index (χ1v) is 7.33. The first kappa shape index (κ1) is 18.1. The number of benzene rings is 1. The maximum atomic E-state index is 13.5. The van der Waals surface area contributed by atoms with Crippen LogP contribution in [0.4, 0.5) is 14.5 Å². The van der Waals surface area contributed by atoms with Gasteiger partial charge >= 0.3 is 0 Å². The predicted octanol–water partition coefficient (Wildman–Crippen LogP) is 3.24. The summed E-state index contributed by atoms with van der Waals surface area (Å²) >= 11 is 0. The molecule has 1 rings (SSSR count). The van der Waals surface area contributed by atoms with Gasteiger partial charge < -0.3 is 10.6 Å². The molecule has 2 N–H and O–H groups in total. The summed E-state index contributed by atoms with van der Waals surface area (Å²) in [5.41, 5.74) is -1.51. The number of amides is 2. The van der Waals surface area contributed by atoms with Gasteiger partial charge in [0.05, 0.1) is 5.69 Å². The van der Waals surface area contributed by atoms with Crippen LogP contribution in [0.3, 0.4) is 0 Å². The molecule has 0 aromatic heterocycles. The molecule has 6 heteroatoms. The summed E-state index contributed by atoms with van der Waals surface area (Å²) in [7, 11) is 0. The van der Waals surface area contributed by atoms with Crippen LogP contribution in [0.15, 0.2) is 18.2 Å². The lowest BCUT2D eigenvalue weighted by atomic mass is 9.91. The van der Waals surface area contributed by atoms with E-state index in [0.29, 0.717) is 12.6 Å². The third kappa shape index (κ3) is 4.79. The molecule has 22 heavy (non-hydrogen) atoms. The lowest BCUT2D eigenvalue weighted by molar-refractivity contribution is -0.138. The molecule has 122 valence electrons. The number of nitrogens with one attached hydrogen (secondary N) is 2. The minimum atomic E-state index is -1.35. The van der Waals surface area contributed by atoms with Crippen LogP contribution in [-0.4, -0.2) is 18.4 Å². The quantitative estimate of drug-likeness (QED) is 0.600. The normalized spacial score (nSPS) is 11.1. The van der Waals surface area contributed by atoms with E-state index < -0.39 is 28.9 Å². The fourth-order valence-electron chi connectivity index (χ4n) is 1.77. The van der Waals surface area contributed by atoms with Gasteiger partial charge in [-0.25, -0.2) is 8.78 Å². The highest BCUT2D eigenvalue weighted by Gasteiger charge is 2.36. The third-order valence-electron chi connectivity index (χ3n) is 3.38. The molecule has 1 aromatic rings. The van der Waals surface area contributed by atoms with E-state index >= 15 is 0 Å². The van der Waals surface area contributed by atoms with Crippen molar-refractivity contribution in [1.82, 2.24) is 5.32 Å². The highest BCUT2D eigenvalue weighted by molar-refractivity contribution is 6.09. The summed E-state index contributed by atoms with van der Waals surface area (Å²) in [4.78, 5) is 24.2. The lowest BCUT2D eigenvalue weighted by Gasteiger charge is -2.22. The van der Waals surface area contributed by atoms with E-state index in [4.69, 9.17) is 0 Å². The van der Waals surface area contributed by atoms with Gasteiger partial charge in [-0.3, -0.25) is 9.59 Å². The Labute approximate surface area is 129 Å². The molecule has 0 aliphatic heterocycles. The zero-order valence-electron chi connectivity index (χ0n) is 13.1. The van der Waals surface area contributed by atoms with Gasteiger partial charge in [-0.1, -0.05) is 19.8 Å². The molecule has 0 saturated carbocycles. The van der Waals surface area contributed by atoms with Gasteiger partial charge in [0.2, 0.25) is 11.8 Å². The summed E-state index contributed by atoms with van der Waals surface area (Å²) in [6.07, 6.45) is 2.86. The van der Waals surface area contributed by atoms with Gasteiger partial charge in [0.25, 0.3) is 0 Å². The number of anilines is 1. The standard InChI is InChI=1S/C16H22F2N2O2/c1-4-5-6-9-19-14(21)16(2,3)15(22)20-13-8-7-11(17)10-12(13)18/h7-8,10H,4-6,9H2,1-3H3,(H,19,21)(H,20,22). The number of carbonyl (C=O) groups excluding carboxylic acids is 2. The van der Waals surface area contributed by atoms with Crippen molar-refractivity contribution >= 4 is 17.5 Å². The van der Waals surface area contributed by atoms with Gasteiger partial charge in [-0.2, -0.15) is 0 Å². The number of unbranched alkanes of at least 4 members (excludes halogenated alkanes) is 2. The topological polar surface area (TPSA) is 58.2 Å². The van der Waals surface area contributed by atoms with Gasteiger partial charge in [0, 0.05) is 12.6 Å². The molecule has 1 aromatic carbocycles. The monoisotopic (exact) mass is 312 g/mol. The van der Waals surface area contributed by atoms with Crippen molar-refractivity contribution in [3.05, 3.63) is 29.8 Å². The van der Waals surface area contributed by atoms with Crippen LogP contribution >= 0.6 is 0 Å². The first-order valence-electron chi connectivity index (χ1n) is 7.33. The lowest BCUT2D eigenvalue weighted by Crippen LogP contribution is -2.45. The van der Waals surface area contributed by atoms with Crippen molar-refractivity contribution in [2.75, 3.05) is 11.9 Å². The molecule has 0 fully saturated rings. The van der Waals surface area contributed by atoms with Crippen molar-refractivity contribution in [2.24, 2.45) is 5.41 Å². The second-order valence-electron chi connectivity index (χ2n) is 5.67. The maximum Gasteiger partial charge on any atom is 0.239 e. The third-order valence-corrected chi connectivity index (χ3v) is 3.38. The number of rotatable bonds is 7. The maximum absolute atomic E-state index is 13.5. The van der Waals surface area contributed by atoms with Crippen LogP contribution in [0.5, 0.6) is 0 Å². The van der Waals surface area contributed by atoms with Crippen molar-refractivity contribution in [3.8, 4) is 0 Å². The van der Waals surface area contributed by atoms with Crippen molar-refractivity contribution < 1.29 is 18.4 Å². The van der Waals surface area contributed by atoms with Crippen LogP contribution in [0.25, 0.3) is 0 Å². The van der Waals surface area contributed by atoms with E-state index in [0.717, 1.165) is 31.4 Å². The molecule has 4 nitrogen and oxygen atoms in total. The van der Waals surface area contributed by atoms with Crippen molar-refractivity contribution in [3.63, 3.8) is 0 Å². The summed E-state index contributed by atoms with van der Waals surface area (Å²) in [6.45, 7) is 5.46. The summed E-state index contributed by atoms with van der Waals surface area (Å²) in [5.74, 6) is -2.69. The molecule has 0 unspecified atom stereocenters. The van der Waals surface area contributed by atoms with Gasteiger partial charge in [0.1, 0.15) is 17.0 Å². The van der Waals surface area contributed by atoms with E-state index in [-0.39, 0.29) is 5.69 Å². The molecule has 0 bridgehead atoms. The van der Waals surface area contributed by atoms with Crippen LogP contribution < -0.4 is 10.6 Å². The molecule has 0 heterocycles. The molecule has 0 aliphatic carbocycles. The SMILES string of the molecule is CCCCCNC(=O)C(C)(C)C(=O)Nc1ccc(F)cc1F. The molecular weight excluding hydrogens is 290 g/mol. The fourth-order valence-corrected chi connectivity index (χ4v) is 1.77. The van der Waals surface area contributed by atoms with Gasteiger partial charge in [0.15, 0.2) is 0 Å². The van der Waals surface area contributed by atoms with E-state index in [1.807, 2.05) is 0 Å². The molecule has 0 aliphatic rings. The highest BCUT2D eigenvalue weighted by Crippen LogP contribution is 2.21. The van der Waals surface area contributed by atoms with Crippen LogP contribution in [0.1, 0.15) is 40.0 Å². The van der Waals surface area contributed by atoms with E-state index in [2.05, 4.69) is 17.6 Å². The number of carbonyl (C=O) groups is 2. The van der Waals surface area contributed by atoms with Gasteiger partial charge in [-0.05, 0) is 32.4 Å². The van der Waals surface area contributed by atoms with Crippen LogP contribution in [0.2, 0.25) is 0 Å². The van der Waals surface area contributed by atoms with Crippen molar-refractivity contribution in [2.45, 2.75) is 40.0 Å². The number of hydrogen-bond acceptors (Lipinski definition) is 2. The first-order chi connectivity index (χ1) is 10.3.